The first-order chi connectivity index (χ1) is 12.2. The maximum Gasteiger partial charge on any atom is 0.123 e. The van der Waals surface area contributed by atoms with Gasteiger partial charge in [0, 0.05) is 10.0 Å². The molecule has 3 aromatic carbocycles. The number of nitrogens with one attached hydrogen (secondary N) is 1. The van der Waals surface area contributed by atoms with Crippen molar-refractivity contribution in [2.45, 2.75) is 6.61 Å². The average Bonchev–Trinajstić information content (AvgIpc) is 2.64. The lowest BCUT2D eigenvalue weighted by atomic mass is 10.2. The molecule has 25 heavy (non-hydrogen) atoms. The van der Waals surface area contributed by atoms with E-state index in [1.807, 2.05) is 54.6 Å². The van der Waals surface area contributed by atoms with E-state index in [2.05, 4.69) is 26.5 Å². The summed E-state index contributed by atoms with van der Waals surface area (Å²) in [7, 11) is 0. The van der Waals surface area contributed by atoms with Gasteiger partial charge in [0.15, 0.2) is 0 Å². The van der Waals surface area contributed by atoms with Gasteiger partial charge in [0.25, 0.3) is 0 Å². The number of hydrazone groups is 1. The van der Waals surface area contributed by atoms with Gasteiger partial charge in [0.05, 0.1) is 11.9 Å². The summed E-state index contributed by atoms with van der Waals surface area (Å²) in [5.74, 6) is 0.434. The van der Waals surface area contributed by atoms with E-state index in [0.29, 0.717) is 12.4 Å². The van der Waals surface area contributed by atoms with E-state index in [9.17, 15) is 4.39 Å². The van der Waals surface area contributed by atoms with Crippen LogP contribution >= 0.6 is 15.9 Å². The molecule has 1 N–H and O–H groups in total. The van der Waals surface area contributed by atoms with Gasteiger partial charge in [-0.05, 0) is 60.2 Å². The number of halogens is 2. The van der Waals surface area contributed by atoms with Crippen LogP contribution in [0.1, 0.15) is 11.1 Å². The van der Waals surface area contributed by atoms with E-state index in [0.717, 1.165) is 21.3 Å². The smallest absolute Gasteiger partial charge is 0.123 e. The molecule has 0 radical (unpaired) electrons. The molecule has 0 spiro atoms. The van der Waals surface area contributed by atoms with Crippen LogP contribution in [0.15, 0.2) is 82.4 Å². The Bertz CT molecular complexity index is 851. The molecule has 5 heteroatoms. The highest BCUT2D eigenvalue weighted by Crippen LogP contribution is 2.20. The highest BCUT2D eigenvalue weighted by Gasteiger charge is 2.03. The van der Waals surface area contributed by atoms with Crippen molar-refractivity contribution in [3.63, 3.8) is 0 Å². The van der Waals surface area contributed by atoms with Crippen LogP contribution in [0.3, 0.4) is 0 Å². The van der Waals surface area contributed by atoms with Crippen LogP contribution in [0, 0.1) is 5.82 Å². The third-order valence-electron chi connectivity index (χ3n) is 3.46. The summed E-state index contributed by atoms with van der Waals surface area (Å²) >= 11 is 3.39. The highest BCUT2D eigenvalue weighted by molar-refractivity contribution is 9.10. The Labute approximate surface area is 154 Å². The van der Waals surface area contributed by atoms with E-state index >= 15 is 0 Å². The van der Waals surface area contributed by atoms with Crippen molar-refractivity contribution >= 4 is 27.8 Å². The minimum Gasteiger partial charge on any atom is -0.489 e. The first-order valence-electron chi connectivity index (χ1n) is 7.71. The molecule has 0 heterocycles. The Hall–Kier alpha value is -2.66. The normalized spacial score (nSPS) is 10.8. The molecule has 3 aromatic rings. The minimum absolute atomic E-state index is 0.278. The summed E-state index contributed by atoms with van der Waals surface area (Å²) in [6.45, 7) is 0.293. The lowest BCUT2D eigenvalue weighted by Gasteiger charge is -2.08. The van der Waals surface area contributed by atoms with Gasteiger partial charge in [-0.2, -0.15) is 5.10 Å². The molecule has 0 fully saturated rings. The molecular weight excluding hydrogens is 383 g/mol. The second-order valence-corrected chi connectivity index (χ2v) is 6.18. The molecule has 0 unspecified atom stereocenters. The van der Waals surface area contributed by atoms with Crippen molar-refractivity contribution in [3.05, 3.63) is 94.2 Å². The molecule has 126 valence electrons. The van der Waals surface area contributed by atoms with E-state index in [1.165, 1.54) is 12.1 Å². The van der Waals surface area contributed by atoms with Crippen molar-refractivity contribution in [2.24, 2.45) is 5.10 Å². The minimum atomic E-state index is -0.278. The van der Waals surface area contributed by atoms with Gasteiger partial charge in [0.1, 0.15) is 18.2 Å². The Morgan fingerprint density at radius 1 is 1.00 bits per heavy atom. The predicted octanol–water partition coefficient (Wildman–Crippen LogP) is 5.61. The molecule has 0 aliphatic rings. The zero-order valence-electron chi connectivity index (χ0n) is 13.3. The summed E-state index contributed by atoms with van der Waals surface area (Å²) in [6, 6.07) is 21.8. The standard InChI is InChI=1S/C20H16BrFN2O/c21-20-11-8-17(22)12-16(20)14-25-19-9-6-15(7-10-19)13-23-24-18-4-2-1-3-5-18/h1-13,24H,14H2. The zero-order chi connectivity index (χ0) is 17.5. The molecule has 0 aromatic heterocycles. The number of rotatable bonds is 6. The van der Waals surface area contributed by atoms with Gasteiger partial charge in [-0.1, -0.05) is 34.1 Å². The van der Waals surface area contributed by atoms with Gasteiger partial charge < -0.3 is 4.74 Å². The van der Waals surface area contributed by atoms with Crippen LogP contribution < -0.4 is 10.2 Å². The van der Waals surface area contributed by atoms with E-state index in [4.69, 9.17) is 4.74 Å². The molecule has 0 atom stereocenters. The quantitative estimate of drug-likeness (QED) is 0.432. The number of ether oxygens (including phenoxy) is 1. The van der Waals surface area contributed by atoms with Gasteiger partial charge in [-0.25, -0.2) is 4.39 Å². The third-order valence-corrected chi connectivity index (χ3v) is 4.24. The van der Waals surface area contributed by atoms with Gasteiger partial charge >= 0.3 is 0 Å². The summed E-state index contributed by atoms with van der Waals surface area (Å²) in [5, 5.41) is 4.19. The van der Waals surface area contributed by atoms with Gasteiger partial charge in [0.2, 0.25) is 0 Å². The number of nitrogens with zero attached hydrogens (tertiary/aromatic N) is 1. The van der Waals surface area contributed by atoms with E-state index in [-0.39, 0.29) is 5.82 Å². The van der Waals surface area contributed by atoms with Crippen molar-refractivity contribution in [1.82, 2.24) is 0 Å². The lowest BCUT2D eigenvalue weighted by Crippen LogP contribution is -1.97. The topological polar surface area (TPSA) is 33.6 Å². The fraction of sp³-hybridized carbons (Fsp3) is 0.0500. The molecule has 0 saturated carbocycles. The van der Waals surface area contributed by atoms with E-state index < -0.39 is 0 Å². The maximum atomic E-state index is 13.3. The molecule has 0 aliphatic carbocycles. The van der Waals surface area contributed by atoms with Crippen LogP contribution in [0.2, 0.25) is 0 Å². The zero-order valence-corrected chi connectivity index (χ0v) is 14.9. The molecule has 0 aliphatic heterocycles. The number of anilines is 1. The predicted molar refractivity (Wildman–Crippen MR) is 103 cm³/mol. The lowest BCUT2D eigenvalue weighted by molar-refractivity contribution is 0.305. The maximum absolute atomic E-state index is 13.3. The van der Waals surface area contributed by atoms with Gasteiger partial charge in [-0.3, -0.25) is 5.43 Å². The van der Waals surface area contributed by atoms with E-state index in [1.54, 1.807) is 12.3 Å². The fourth-order valence-electron chi connectivity index (χ4n) is 2.16. The van der Waals surface area contributed by atoms with Crippen LogP contribution in [-0.4, -0.2) is 6.21 Å². The molecule has 0 amide bonds. The van der Waals surface area contributed by atoms with Crippen molar-refractivity contribution in [1.29, 1.82) is 0 Å². The molecular formula is C20H16BrFN2O. The van der Waals surface area contributed by atoms with Crippen LogP contribution in [0.5, 0.6) is 5.75 Å². The van der Waals surface area contributed by atoms with Crippen molar-refractivity contribution in [3.8, 4) is 5.75 Å². The van der Waals surface area contributed by atoms with Gasteiger partial charge in [-0.15, -0.1) is 0 Å². The average molecular weight is 399 g/mol. The number of hydrogen-bond donors (Lipinski definition) is 1. The van der Waals surface area contributed by atoms with Crippen LogP contribution in [0.25, 0.3) is 0 Å². The summed E-state index contributed by atoms with van der Waals surface area (Å²) in [4.78, 5) is 0. The molecule has 3 rings (SSSR count). The first kappa shape index (κ1) is 17.2. The van der Waals surface area contributed by atoms with Crippen LogP contribution in [-0.2, 0) is 6.61 Å². The SMILES string of the molecule is Fc1ccc(Br)c(COc2ccc(C=NNc3ccccc3)cc2)c1. The number of hydrogen-bond acceptors (Lipinski definition) is 3. The third kappa shape index (κ3) is 5.16. The summed E-state index contributed by atoms with van der Waals surface area (Å²) < 4.78 is 19.8. The monoisotopic (exact) mass is 398 g/mol. The Morgan fingerprint density at radius 3 is 2.52 bits per heavy atom. The van der Waals surface area contributed by atoms with Crippen molar-refractivity contribution in [2.75, 3.05) is 5.43 Å². The number of para-hydroxylation sites is 1. The van der Waals surface area contributed by atoms with Crippen molar-refractivity contribution < 1.29 is 9.13 Å². The number of benzene rings is 3. The molecule has 0 saturated heterocycles. The Balaban J connectivity index is 1.56. The molecule has 0 bridgehead atoms. The largest absolute Gasteiger partial charge is 0.489 e. The second kappa shape index (κ2) is 8.44. The second-order valence-electron chi connectivity index (χ2n) is 5.33. The Morgan fingerprint density at radius 2 is 1.76 bits per heavy atom. The summed E-state index contributed by atoms with van der Waals surface area (Å²) in [5.41, 5.74) is 5.60. The highest BCUT2D eigenvalue weighted by atomic mass is 79.9. The first-order valence-corrected chi connectivity index (χ1v) is 8.51. The fourth-order valence-corrected chi connectivity index (χ4v) is 2.52. The summed E-state index contributed by atoms with van der Waals surface area (Å²) in [6.07, 6.45) is 1.74. The molecule has 3 nitrogen and oxygen atoms in total. The van der Waals surface area contributed by atoms with Crippen LogP contribution in [0.4, 0.5) is 10.1 Å². The Kier molecular flexibility index (Phi) is 5.80.